The van der Waals surface area contributed by atoms with Crippen molar-refractivity contribution in [2.45, 2.75) is 55.8 Å². The number of nitrogens with one attached hydrogen (secondary N) is 1. The molecule has 2 heterocycles. The fourth-order valence-electron chi connectivity index (χ4n) is 3.08. The maximum atomic E-state index is 13.0. The molecule has 1 unspecified atom stereocenters. The number of carboxylic acids is 1. The molecule has 0 bridgehead atoms. The smallest absolute Gasteiger partial charge is 0.475 e. The molecule has 4 rings (SSSR count). The highest BCUT2D eigenvalue weighted by molar-refractivity contribution is 5.81. The fourth-order valence-corrected chi connectivity index (χ4v) is 3.08. The maximum absolute atomic E-state index is 13.0. The van der Waals surface area contributed by atoms with Gasteiger partial charge in [-0.25, -0.2) is 4.79 Å². The molecule has 4 N–H and O–H groups in total. The van der Waals surface area contributed by atoms with E-state index in [4.69, 9.17) is 15.6 Å². The van der Waals surface area contributed by atoms with Gasteiger partial charge >= 0.3 is 24.0 Å². The van der Waals surface area contributed by atoms with Crippen molar-refractivity contribution in [1.82, 2.24) is 20.3 Å². The second-order valence-corrected chi connectivity index (χ2v) is 8.15. The first-order valence-electron chi connectivity index (χ1n) is 10.6. The van der Waals surface area contributed by atoms with Crippen molar-refractivity contribution in [3.8, 4) is 0 Å². The summed E-state index contributed by atoms with van der Waals surface area (Å²) in [6, 6.07) is 4.83. The van der Waals surface area contributed by atoms with Gasteiger partial charge in [0.15, 0.2) is 0 Å². The van der Waals surface area contributed by atoms with Gasteiger partial charge in [-0.05, 0) is 24.8 Å². The lowest BCUT2D eigenvalue weighted by Crippen LogP contribution is -2.43. The van der Waals surface area contributed by atoms with E-state index in [-0.39, 0.29) is 17.9 Å². The Hall–Kier alpha value is -3.56. The first-order chi connectivity index (χ1) is 16.7. The molecule has 36 heavy (non-hydrogen) atoms. The molecule has 1 aliphatic heterocycles. The molecule has 0 spiro atoms. The van der Waals surface area contributed by atoms with Crippen molar-refractivity contribution in [3.05, 3.63) is 47.3 Å². The second kappa shape index (κ2) is 10.2. The SMILES string of the molecule is NC(Cc1ccc(C2(C(F)(F)F)N=N2)cc1)C(=O)NCCn1cc(C2CC2)nn1.O=C(O)C(F)(F)F. The van der Waals surface area contributed by atoms with Gasteiger partial charge in [0.25, 0.3) is 0 Å². The largest absolute Gasteiger partial charge is 0.490 e. The molecule has 16 heteroatoms. The predicted molar refractivity (Wildman–Crippen MR) is 109 cm³/mol. The standard InChI is InChI=1S/C18H20F3N7O.C2HF3O2/c19-18(20,21)17(25-26-17)13-5-1-11(2-6-13)9-14(22)16(29)23-7-8-28-10-15(24-27-28)12-3-4-12;3-2(4,5)1(6)7/h1-2,5-6,10,12,14H,3-4,7-9,22H2,(H,23,29);(H,6,7). The Morgan fingerprint density at radius 2 is 1.72 bits per heavy atom. The molecule has 1 atom stereocenters. The van der Waals surface area contributed by atoms with E-state index in [1.807, 2.05) is 6.20 Å². The maximum Gasteiger partial charge on any atom is 0.490 e. The molecular formula is C20H21F6N7O3. The number of aliphatic carboxylic acids is 1. The molecule has 2 aromatic rings. The van der Waals surface area contributed by atoms with E-state index in [2.05, 4.69) is 25.9 Å². The highest BCUT2D eigenvalue weighted by Crippen LogP contribution is 2.52. The topological polar surface area (TPSA) is 148 Å². The molecular weight excluding hydrogens is 500 g/mol. The van der Waals surface area contributed by atoms with Gasteiger partial charge in [0.05, 0.1) is 18.3 Å². The average molecular weight is 521 g/mol. The lowest BCUT2D eigenvalue weighted by atomic mass is 9.99. The van der Waals surface area contributed by atoms with Crippen LogP contribution >= 0.6 is 0 Å². The van der Waals surface area contributed by atoms with E-state index in [0.29, 0.717) is 24.6 Å². The number of carboxylic acid groups (broad SMARTS) is 1. The van der Waals surface area contributed by atoms with E-state index in [1.165, 1.54) is 24.3 Å². The summed E-state index contributed by atoms with van der Waals surface area (Å²) in [5, 5.41) is 24.3. The lowest BCUT2D eigenvalue weighted by molar-refractivity contribution is -0.192. The number of amides is 1. The van der Waals surface area contributed by atoms with E-state index in [0.717, 1.165) is 18.5 Å². The summed E-state index contributed by atoms with van der Waals surface area (Å²) in [5.41, 5.74) is 5.07. The molecule has 10 nitrogen and oxygen atoms in total. The number of hydrogen-bond donors (Lipinski definition) is 3. The molecule has 0 radical (unpaired) electrons. The summed E-state index contributed by atoms with van der Waals surface area (Å²) < 4.78 is 72.5. The Bertz CT molecular complexity index is 1100. The molecule has 1 aliphatic carbocycles. The highest BCUT2D eigenvalue weighted by atomic mass is 19.4. The number of hydrogen-bond acceptors (Lipinski definition) is 7. The quantitative estimate of drug-likeness (QED) is 0.455. The van der Waals surface area contributed by atoms with Crippen molar-refractivity contribution in [2.24, 2.45) is 16.0 Å². The van der Waals surface area contributed by atoms with Crippen molar-refractivity contribution < 1.29 is 41.0 Å². The molecule has 1 aromatic heterocycles. The van der Waals surface area contributed by atoms with Crippen LogP contribution in [0.5, 0.6) is 0 Å². The van der Waals surface area contributed by atoms with Gasteiger partial charge in [-0.15, -0.1) is 15.3 Å². The molecule has 1 saturated carbocycles. The molecule has 2 aliphatic rings. The summed E-state index contributed by atoms with van der Waals surface area (Å²) in [6.07, 6.45) is -5.27. The van der Waals surface area contributed by atoms with Crippen LogP contribution in [-0.4, -0.2) is 56.9 Å². The van der Waals surface area contributed by atoms with Crippen LogP contribution in [0, 0.1) is 0 Å². The Labute approximate surface area is 199 Å². The molecule has 1 amide bonds. The molecule has 1 fully saturated rings. The summed E-state index contributed by atoms with van der Waals surface area (Å²) in [7, 11) is 0. The van der Waals surface area contributed by atoms with Crippen LogP contribution in [0.3, 0.4) is 0 Å². The van der Waals surface area contributed by atoms with Gasteiger partial charge in [0.1, 0.15) is 0 Å². The fraction of sp³-hybridized carbons (Fsp3) is 0.500. The number of carbonyl (C=O) groups is 2. The molecule has 1 aromatic carbocycles. The number of aromatic nitrogens is 3. The van der Waals surface area contributed by atoms with Crippen molar-refractivity contribution in [2.75, 3.05) is 6.54 Å². The van der Waals surface area contributed by atoms with Gasteiger partial charge in [-0.2, -0.15) is 26.3 Å². The number of carbonyl (C=O) groups excluding carboxylic acids is 1. The van der Waals surface area contributed by atoms with Crippen LogP contribution in [0.2, 0.25) is 0 Å². The second-order valence-electron chi connectivity index (χ2n) is 8.15. The zero-order chi connectivity index (χ0) is 26.7. The van der Waals surface area contributed by atoms with Crippen molar-refractivity contribution in [1.29, 1.82) is 0 Å². The van der Waals surface area contributed by atoms with Gasteiger partial charge in [-0.3, -0.25) is 9.48 Å². The zero-order valence-electron chi connectivity index (χ0n) is 18.4. The lowest BCUT2D eigenvalue weighted by Gasteiger charge is -2.16. The van der Waals surface area contributed by atoms with Crippen molar-refractivity contribution >= 4 is 11.9 Å². The molecule has 0 saturated heterocycles. The van der Waals surface area contributed by atoms with Crippen LogP contribution in [-0.2, 0) is 28.2 Å². The van der Waals surface area contributed by atoms with Gasteiger partial charge in [-0.1, -0.05) is 29.5 Å². The number of halogens is 6. The Morgan fingerprint density at radius 3 is 2.19 bits per heavy atom. The van der Waals surface area contributed by atoms with Gasteiger partial charge in [0.2, 0.25) is 5.91 Å². The third kappa shape index (κ3) is 6.77. The van der Waals surface area contributed by atoms with E-state index < -0.39 is 30.0 Å². The Kier molecular flexibility index (Phi) is 7.66. The first-order valence-corrected chi connectivity index (χ1v) is 10.6. The minimum atomic E-state index is -5.08. The van der Waals surface area contributed by atoms with Crippen LogP contribution in [0.4, 0.5) is 26.3 Å². The van der Waals surface area contributed by atoms with E-state index in [9.17, 15) is 31.1 Å². The van der Waals surface area contributed by atoms with E-state index in [1.54, 1.807) is 4.68 Å². The van der Waals surface area contributed by atoms with Crippen LogP contribution in [0.1, 0.15) is 35.6 Å². The van der Waals surface area contributed by atoms with E-state index >= 15 is 0 Å². The van der Waals surface area contributed by atoms with Gasteiger partial charge in [0, 0.05) is 24.2 Å². The zero-order valence-corrected chi connectivity index (χ0v) is 18.4. The summed E-state index contributed by atoms with van der Waals surface area (Å²) in [5.74, 6) is -2.57. The minimum absolute atomic E-state index is 0.0508. The summed E-state index contributed by atoms with van der Waals surface area (Å²) in [6.45, 7) is 0.843. The molecule has 196 valence electrons. The third-order valence-corrected chi connectivity index (χ3v) is 5.28. The first kappa shape index (κ1) is 27.0. The van der Waals surface area contributed by atoms with Crippen LogP contribution in [0.25, 0.3) is 0 Å². The summed E-state index contributed by atoms with van der Waals surface area (Å²) >= 11 is 0. The number of nitrogens with zero attached hydrogens (tertiary/aromatic N) is 5. The predicted octanol–water partition coefficient (Wildman–Crippen LogP) is 2.66. The number of alkyl halides is 6. The summed E-state index contributed by atoms with van der Waals surface area (Å²) in [4.78, 5) is 21.1. The Balaban J connectivity index is 0.000000454. The Morgan fingerprint density at radius 1 is 1.14 bits per heavy atom. The average Bonchev–Trinajstić information content (AvgIpc) is 3.71. The monoisotopic (exact) mass is 521 g/mol. The third-order valence-electron chi connectivity index (χ3n) is 5.28. The number of rotatable bonds is 8. The van der Waals surface area contributed by atoms with Crippen LogP contribution in [0.15, 0.2) is 40.7 Å². The minimum Gasteiger partial charge on any atom is -0.475 e. The number of benzene rings is 1. The highest BCUT2D eigenvalue weighted by Gasteiger charge is 2.65. The number of nitrogens with two attached hydrogens (primary N) is 1. The normalized spacial score (nSPS) is 17.1. The van der Waals surface area contributed by atoms with Crippen molar-refractivity contribution in [3.63, 3.8) is 0 Å². The van der Waals surface area contributed by atoms with Crippen LogP contribution < -0.4 is 11.1 Å². The van der Waals surface area contributed by atoms with Gasteiger partial charge < -0.3 is 16.2 Å².